The van der Waals surface area contributed by atoms with E-state index in [0.29, 0.717) is 57.0 Å². The summed E-state index contributed by atoms with van der Waals surface area (Å²) in [7, 11) is 0. The third kappa shape index (κ3) is 8.01. The highest BCUT2D eigenvalue weighted by atomic mass is 16.6. The normalized spacial score (nSPS) is 31.9. The van der Waals surface area contributed by atoms with Crippen molar-refractivity contribution in [3.63, 3.8) is 0 Å². The summed E-state index contributed by atoms with van der Waals surface area (Å²) in [6.07, 6.45) is 1.22. The van der Waals surface area contributed by atoms with Crippen molar-refractivity contribution in [2.45, 2.75) is 77.1 Å². The van der Waals surface area contributed by atoms with Gasteiger partial charge in [0.2, 0.25) is 0 Å². The van der Waals surface area contributed by atoms with Crippen LogP contribution in [0.15, 0.2) is 0 Å². The first kappa shape index (κ1) is 24.9. The van der Waals surface area contributed by atoms with Gasteiger partial charge in [-0.2, -0.15) is 0 Å². The monoisotopic (exact) mass is 453 g/mol. The number of esters is 3. The molecular weight excluding hydrogens is 414 g/mol. The molecule has 0 bridgehead atoms. The molecule has 3 heterocycles. The molecule has 3 unspecified atom stereocenters. The number of ether oxygens (including phenoxy) is 3. The molecule has 182 valence electrons. The van der Waals surface area contributed by atoms with E-state index in [4.69, 9.17) is 14.2 Å². The topological polar surface area (TPSA) is 87.9 Å². The zero-order valence-electron chi connectivity index (χ0n) is 20.0. The standard InChI is InChI=1S/C23H39N3O6/c1-5-23(32-22(29)8-11-26-14-19(26)4,15-30-20(27)6-9-24-12-17(24)2)16-31-21(28)7-10-25-13-18(25)3/h17-19H,5-16H2,1-4H3/t17-,18-,19+,23?,24?,25?,26?/m0/s1. The summed E-state index contributed by atoms with van der Waals surface area (Å²) in [6.45, 7) is 12.9. The second-order valence-corrected chi connectivity index (χ2v) is 9.61. The number of rotatable bonds is 15. The van der Waals surface area contributed by atoms with Gasteiger partial charge >= 0.3 is 17.9 Å². The maximum atomic E-state index is 12.5. The quantitative estimate of drug-likeness (QED) is 0.205. The predicted octanol–water partition coefficient (Wildman–Crippen LogP) is 1.05. The third-order valence-electron chi connectivity index (χ3n) is 6.74. The van der Waals surface area contributed by atoms with Crippen LogP contribution in [-0.4, -0.2) is 109 Å². The molecule has 3 fully saturated rings. The zero-order chi connectivity index (χ0) is 23.3. The molecule has 3 saturated heterocycles. The fourth-order valence-electron chi connectivity index (χ4n) is 3.75. The van der Waals surface area contributed by atoms with Crippen molar-refractivity contribution in [3.05, 3.63) is 0 Å². The maximum absolute atomic E-state index is 12.5. The van der Waals surface area contributed by atoms with E-state index in [1.165, 1.54) is 0 Å². The van der Waals surface area contributed by atoms with Crippen LogP contribution in [0.1, 0.15) is 53.4 Å². The smallest absolute Gasteiger partial charge is 0.307 e. The molecule has 0 N–H and O–H groups in total. The largest absolute Gasteiger partial charge is 0.461 e. The van der Waals surface area contributed by atoms with E-state index in [9.17, 15) is 14.4 Å². The molecule has 9 nitrogen and oxygen atoms in total. The predicted molar refractivity (Wildman–Crippen MR) is 118 cm³/mol. The molecule has 0 aromatic heterocycles. The fraction of sp³-hybridized carbons (Fsp3) is 0.870. The van der Waals surface area contributed by atoms with Crippen molar-refractivity contribution in [2.75, 3.05) is 52.5 Å². The number of carbonyl (C=O) groups is 3. The average molecular weight is 454 g/mol. The van der Waals surface area contributed by atoms with Crippen molar-refractivity contribution in [1.82, 2.24) is 14.7 Å². The molecule has 32 heavy (non-hydrogen) atoms. The lowest BCUT2D eigenvalue weighted by Crippen LogP contribution is -2.45. The Morgan fingerprint density at radius 2 is 1.06 bits per heavy atom. The van der Waals surface area contributed by atoms with E-state index >= 15 is 0 Å². The van der Waals surface area contributed by atoms with Crippen LogP contribution >= 0.6 is 0 Å². The first-order valence-corrected chi connectivity index (χ1v) is 12.0. The minimum absolute atomic E-state index is 0.111. The van der Waals surface area contributed by atoms with Crippen molar-refractivity contribution >= 4 is 17.9 Å². The van der Waals surface area contributed by atoms with Crippen LogP contribution < -0.4 is 0 Å². The van der Waals surface area contributed by atoms with E-state index in [1.807, 2.05) is 6.92 Å². The average Bonchev–Trinajstić information content (AvgIpc) is 3.70. The summed E-state index contributed by atoms with van der Waals surface area (Å²) in [5.41, 5.74) is -1.16. The van der Waals surface area contributed by atoms with E-state index in [-0.39, 0.29) is 37.5 Å². The van der Waals surface area contributed by atoms with Crippen LogP contribution in [0.5, 0.6) is 0 Å². The van der Waals surface area contributed by atoms with Crippen LogP contribution in [-0.2, 0) is 28.6 Å². The van der Waals surface area contributed by atoms with Gasteiger partial charge in [-0.1, -0.05) is 6.92 Å². The number of carbonyl (C=O) groups excluding carboxylic acids is 3. The first-order valence-electron chi connectivity index (χ1n) is 12.0. The molecule has 0 saturated carbocycles. The lowest BCUT2D eigenvalue weighted by atomic mass is 10.0. The van der Waals surface area contributed by atoms with Gasteiger partial charge in [-0.25, -0.2) is 0 Å². The molecular formula is C23H39N3O6. The fourth-order valence-corrected chi connectivity index (χ4v) is 3.75. The second kappa shape index (κ2) is 10.9. The highest BCUT2D eigenvalue weighted by Gasteiger charge is 2.38. The Balaban J connectivity index is 1.48. The Bertz CT molecular complexity index is 651. The van der Waals surface area contributed by atoms with E-state index in [2.05, 4.69) is 35.5 Å². The van der Waals surface area contributed by atoms with Gasteiger partial charge in [0.1, 0.15) is 13.2 Å². The van der Waals surface area contributed by atoms with Gasteiger partial charge < -0.3 is 14.2 Å². The summed E-state index contributed by atoms with van der Waals surface area (Å²) in [5.74, 6) is -1.04. The summed E-state index contributed by atoms with van der Waals surface area (Å²) in [5, 5.41) is 0. The molecule has 0 aromatic carbocycles. The molecule has 3 rings (SSSR count). The molecule has 3 aliphatic heterocycles. The Morgan fingerprint density at radius 1 is 0.719 bits per heavy atom. The number of nitrogens with zero attached hydrogens (tertiary/aromatic N) is 3. The molecule has 9 heteroatoms. The summed E-state index contributed by atoms with van der Waals surface area (Å²) < 4.78 is 16.7. The second-order valence-electron chi connectivity index (χ2n) is 9.61. The van der Waals surface area contributed by atoms with Gasteiger partial charge in [0.15, 0.2) is 5.60 Å². The van der Waals surface area contributed by atoms with Crippen LogP contribution in [0, 0.1) is 0 Å². The van der Waals surface area contributed by atoms with E-state index in [0.717, 1.165) is 19.6 Å². The Kier molecular flexibility index (Phi) is 8.52. The maximum Gasteiger partial charge on any atom is 0.307 e. The number of hydrogen-bond donors (Lipinski definition) is 0. The van der Waals surface area contributed by atoms with Crippen molar-refractivity contribution in [2.24, 2.45) is 0 Å². The Labute approximate surface area is 191 Å². The van der Waals surface area contributed by atoms with Crippen LogP contribution in [0.4, 0.5) is 0 Å². The highest BCUT2D eigenvalue weighted by molar-refractivity contribution is 5.72. The lowest BCUT2D eigenvalue weighted by molar-refractivity contribution is -0.185. The van der Waals surface area contributed by atoms with Crippen LogP contribution in [0.3, 0.4) is 0 Å². The summed E-state index contributed by atoms with van der Waals surface area (Å²) in [4.78, 5) is 43.5. The minimum Gasteiger partial charge on any atom is -0.461 e. The van der Waals surface area contributed by atoms with Crippen molar-refractivity contribution < 1.29 is 28.6 Å². The van der Waals surface area contributed by atoms with Gasteiger partial charge in [-0.15, -0.1) is 0 Å². The molecule has 0 spiro atoms. The Hall–Kier alpha value is -1.71. The van der Waals surface area contributed by atoms with Gasteiger partial charge in [0.05, 0.1) is 19.3 Å². The molecule has 0 amide bonds. The van der Waals surface area contributed by atoms with Gasteiger partial charge in [0, 0.05) is 57.4 Å². The summed E-state index contributed by atoms with van der Waals surface area (Å²) >= 11 is 0. The van der Waals surface area contributed by atoms with Crippen molar-refractivity contribution in [3.8, 4) is 0 Å². The summed E-state index contributed by atoms with van der Waals surface area (Å²) in [6, 6.07) is 1.56. The van der Waals surface area contributed by atoms with Gasteiger partial charge in [-0.3, -0.25) is 29.1 Å². The molecule has 0 aliphatic carbocycles. The van der Waals surface area contributed by atoms with Gasteiger partial charge in [0.25, 0.3) is 0 Å². The first-order chi connectivity index (χ1) is 15.2. The zero-order valence-corrected chi connectivity index (χ0v) is 20.0. The molecule has 0 aromatic rings. The minimum atomic E-state index is -1.16. The number of hydrogen-bond acceptors (Lipinski definition) is 9. The van der Waals surface area contributed by atoms with E-state index < -0.39 is 5.60 Å². The lowest BCUT2D eigenvalue weighted by Gasteiger charge is -2.31. The highest BCUT2D eigenvalue weighted by Crippen LogP contribution is 2.22. The van der Waals surface area contributed by atoms with Crippen LogP contribution in [0.2, 0.25) is 0 Å². The molecule has 0 radical (unpaired) electrons. The molecule has 3 aliphatic rings. The SMILES string of the molecule is CCC(COC(=O)CCN1C[C@@H]1C)(COC(=O)CCN1C[C@@H]1C)OC(=O)CCN1C[C@H]1C. The van der Waals surface area contributed by atoms with Crippen molar-refractivity contribution in [1.29, 1.82) is 0 Å². The molecule has 6 atom stereocenters. The third-order valence-corrected chi connectivity index (χ3v) is 6.74. The van der Waals surface area contributed by atoms with Crippen LogP contribution in [0.25, 0.3) is 0 Å². The Morgan fingerprint density at radius 3 is 1.38 bits per heavy atom. The van der Waals surface area contributed by atoms with E-state index in [1.54, 1.807) is 0 Å². The van der Waals surface area contributed by atoms with Gasteiger partial charge in [-0.05, 0) is 27.2 Å².